The molecule has 0 radical (unpaired) electrons. The van der Waals surface area contributed by atoms with Crippen molar-refractivity contribution in [3.05, 3.63) is 34.9 Å². The average molecular weight is 266 g/mol. The highest BCUT2D eigenvalue weighted by Gasteiger charge is 2.41. The average Bonchev–Trinajstić information content (AvgIpc) is 3.24. The Morgan fingerprint density at radius 3 is 2.33 bits per heavy atom. The third kappa shape index (κ3) is 2.87. The van der Waals surface area contributed by atoms with Crippen molar-refractivity contribution in [1.82, 2.24) is 5.32 Å². The lowest BCUT2D eigenvalue weighted by molar-refractivity contribution is 0.166. The molecule has 1 unspecified atom stereocenters. The molecule has 0 heterocycles. The molecule has 2 aliphatic rings. The van der Waals surface area contributed by atoms with E-state index in [9.17, 15) is 5.11 Å². The number of rotatable bonds is 6. The molecular formula is C15H20ClNO. The van der Waals surface area contributed by atoms with Crippen molar-refractivity contribution in [2.75, 3.05) is 6.54 Å². The molecule has 98 valence electrons. The second-order valence-corrected chi connectivity index (χ2v) is 6.05. The van der Waals surface area contributed by atoms with Crippen LogP contribution in [0.4, 0.5) is 0 Å². The Labute approximate surface area is 113 Å². The first-order valence-electron chi connectivity index (χ1n) is 6.91. The first-order valence-corrected chi connectivity index (χ1v) is 7.29. The van der Waals surface area contributed by atoms with Gasteiger partial charge in [0.25, 0.3) is 0 Å². The normalized spacial score (nSPS) is 21.3. The van der Waals surface area contributed by atoms with Crippen LogP contribution >= 0.6 is 11.6 Å². The number of halogens is 1. The molecule has 0 amide bonds. The minimum Gasteiger partial charge on any atom is -0.387 e. The van der Waals surface area contributed by atoms with Gasteiger partial charge in [-0.25, -0.2) is 0 Å². The molecule has 3 heteroatoms. The number of aliphatic hydroxyl groups is 1. The lowest BCUT2D eigenvalue weighted by atomic mass is 10.1. The molecule has 18 heavy (non-hydrogen) atoms. The van der Waals surface area contributed by atoms with Crippen molar-refractivity contribution in [2.24, 2.45) is 11.8 Å². The molecule has 0 saturated heterocycles. The predicted molar refractivity (Wildman–Crippen MR) is 73.7 cm³/mol. The van der Waals surface area contributed by atoms with Crippen molar-refractivity contribution in [3.8, 4) is 0 Å². The van der Waals surface area contributed by atoms with Gasteiger partial charge in [0.15, 0.2) is 0 Å². The molecule has 2 fully saturated rings. The quantitative estimate of drug-likeness (QED) is 0.828. The maximum Gasteiger partial charge on any atom is 0.0928 e. The minimum atomic E-state index is -0.501. The van der Waals surface area contributed by atoms with Crippen molar-refractivity contribution < 1.29 is 5.11 Å². The Bertz CT molecular complexity index is 403. The summed E-state index contributed by atoms with van der Waals surface area (Å²) in [5.74, 6) is 1.71. The third-order valence-corrected chi connectivity index (χ3v) is 4.42. The van der Waals surface area contributed by atoms with Gasteiger partial charge in [0.1, 0.15) is 0 Å². The fourth-order valence-corrected chi connectivity index (χ4v) is 2.99. The van der Waals surface area contributed by atoms with E-state index in [4.69, 9.17) is 11.6 Å². The molecule has 2 saturated carbocycles. The van der Waals surface area contributed by atoms with Crippen LogP contribution in [0.15, 0.2) is 24.3 Å². The SMILES string of the molecule is OC(CNC(C1CC1)C1CC1)c1ccccc1Cl. The van der Waals surface area contributed by atoms with Gasteiger partial charge in [0.05, 0.1) is 6.10 Å². The fraction of sp³-hybridized carbons (Fsp3) is 0.600. The van der Waals surface area contributed by atoms with E-state index < -0.39 is 6.10 Å². The summed E-state index contributed by atoms with van der Waals surface area (Å²) in [7, 11) is 0. The van der Waals surface area contributed by atoms with Crippen LogP contribution in [-0.2, 0) is 0 Å². The summed E-state index contributed by atoms with van der Waals surface area (Å²) in [4.78, 5) is 0. The summed E-state index contributed by atoms with van der Waals surface area (Å²) in [5.41, 5.74) is 0.831. The fourth-order valence-electron chi connectivity index (χ4n) is 2.73. The first kappa shape index (κ1) is 12.5. The van der Waals surface area contributed by atoms with Crippen molar-refractivity contribution in [3.63, 3.8) is 0 Å². The molecule has 1 aromatic rings. The number of hydrogen-bond acceptors (Lipinski definition) is 2. The third-order valence-electron chi connectivity index (χ3n) is 4.07. The van der Waals surface area contributed by atoms with Gasteiger partial charge in [-0.05, 0) is 43.6 Å². The summed E-state index contributed by atoms with van der Waals surface area (Å²) in [6.45, 7) is 0.612. The second-order valence-electron chi connectivity index (χ2n) is 5.65. The highest BCUT2D eigenvalue weighted by Crippen LogP contribution is 2.44. The maximum atomic E-state index is 10.2. The van der Waals surface area contributed by atoms with E-state index in [-0.39, 0.29) is 0 Å². The van der Waals surface area contributed by atoms with Crippen LogP contribution < -0.4 is 5.32 Å². The molecular weight excluding hydrogens is 246 g/mol. The van der Waals surface area contributed by atoms with Gasteiger partial charge in [-0.1, -0.05) is 29.8 Å². The molecule has 0 aliphatic heterocycles. The summed E-state index contributed by atoms with van der Waals surface area (Å²) in [6, 6.07) is 8.17. The molecule has 0 bridgehead atoms. The zero-order chi connectivity index (χ0) is 12.5. The number of aliphatic hydroxyl groups excluding tert-OH is 1. The molecule has 0 spiro atoms. The van der Waals surface area contributed by atoms with E-state index in [2.05, 4.69) is 5.32 Å². The lowest BCUT2D eigenvalue weighted by Crippen LogP contribution is -2.36. The van der Waals surface area contributed by atoms with Gasteiger partial charge in [0, 0.05) is 23.2 Å². The van der Waals surface area contributed by atoms with Gasteiger partial charge in [-0.15, -0.1) is 0 Å². The highest BCUT2D eigenvalue weighted by atomic mass is 35.5. The van der Waals surface area contributed by atoms with Crippen molar-refractivity contribution >= 4 is 11.6 Å². The largest absolute Gasteiger partial charge is 0.387 e. The van der Waals surface area contributed by atoms with Gasteiger partial charge >= 0.3 is 0 Å². The van der Waals surface area contributed by atoms with E-state index in [0.29, 0.717) is 17.6 Å². The maximum absolute atomic E-state index is 10.2. The first-order chi connectivity index (χ1) is 8.75. The molecule has 3 rings (SSSR count). The summed E-state index contributed by atoms with van der Waals surface area (Å²) in [5, 5.41) is 14.4. The molecule has 1 aromatic carbocycles. The topological polar surface area (TPSA) is 32.3 Å². The van der Waals surface area contributed by atoms with Crippen LogP contribution in [0, 0.1) is 11.8 Å². The van der Waals surface area contributed by atoms with Crippen LogP contribution in [0.25, 0.3) is 0 Å². The van der Waals surface area contributed by atoms with Crippen LogP contribution in [-0.4, -0.2) is 17.7 Å². The van der Waals surface area contributed by atoms with E-state index >= 15 is 0 Å². The Morgan fingerprint density at radius 2 is 1.78 bits per heavy atom. The zero-order valence-electron chi connectivity index (χ0n) is 10.5. The van der Waals surface area contributed by atoms with E-state index in [1.165, 1.54) is 25.7 Å². The van der Waals surface area contributed by atoms with Crippen LogP contribution in [0.1, 0.15) is 37.4 Å². The zero-order valence-corrected chi connectivity index (χ0v) is 11.2. The Hall–Kier alpha value is -0.570. The Balaban J connectivity index is 1.57. The number of hydrogen-bond donors (Lipinski definition) is 2. The van der Waals surface area contributed by atoms with E-state index in [0.717, 1.165) is 17.4 Å². The molecule has 1 atom stereocenters. The Morgan fingerprint density at radius 1 is 1.17 bits per heavy atom. The number of nitrogens with one attached hydrogen (secondary N) is 1. The monoisotopic (exact) mass is 265 g/mol. The van der Waals surface area contributed by atoms with Crippen LogP contribution in [0.3, 0.4) is 0 Å². The van der Waals surface area contributed by atoms with Crippen LogP contribution in [0.2, 0.25) is 5.02 Å². The molecule has 2 N–H and O–H groups in total. The van der Waals surface area contributed by atoms with Crippen molar-refractivity contribution in [1.29, 1.82) is 0 Å². The minimum absolute atomic E-state index is 0.501. The van der Waals surface area contributed by atoms with E-state index in [1.807, 2.05) is 24.3 Å². The molecule has 2 nitrogen and oxygen atoms in total. The van der Waals surface area contributed by atoms with Gasteiger partial charge in [-0.2, -0.15) is 0 Å². The smallest absolute Gasteiger partial charge is 0.0928 e. The van der Waals surface area contributed by atoms with Gasteiger partial charge in [-0.3, -0.25) is 0 Å². The lowest BCUT2D eigenvalue weighted by Gasteiger charge is -2.20. The predicted octanol–water partition coefficient (Wildman–Crippen LogP) is 3.15. The molecule has 0 aromatic heterocycles. The summed E-state index contributed by atoms with van der Waals surface area (Å²) in [6.07, 6.45) is 4.93. The Kier molecular flexibility index (Phi) is 3.60. The van der Waals surface area contributed by atoms with E-state index in [1.54, 1.807) is 0 Å². The van der Waals surface area contributed by atoms with Crippen molar-refractivity contribution in [2.45, 2.75) is 37.8 Å². The second kappa shape index (κ2) is 5.20. The summed E-state index contributed by atoms with van der Waals surface area (Å²) < 4.78 is 0. The molecule has 2 aliphatic carbocycles. The number of benzene rings is 1. The van der Waals surface area contributed by atoms with Crippen LogP contribution in [0.5, 0.6) is 0 Å². The van der Waals surface area contributed by atoms with Gasteiger partial charge < -0.3 is 10.4 Å². The summed E-state index contributed by atoms with van der Waals surface area (Å²) >= 11 is 6.10. The van der Waals surface area contributed by atoms with Gasteiger partial charge in [0.2, 0.25) is 0 Å². The standard InChI is InChI=1S/C15H20ClNO/c16-13-4-2-1-3-12(13)14(18)9-17-15(10-5-6-10)11-7-8-11/h1-4,10-11,14-15,17-18H,5-9H2. The highest BCUT2D eigenvalue weighted by molar-refractivity contribution is 6.31.